The van der Waals surface area contributed by atoms with Crippen LogP contribution < -0.4 is 5.73 Å². The van der Waals surface area contributed by atoms with Crippen molar-refractivity contribution in [3.63, 3.8) is 0 Å². The molecule has 3 heterocycles. The van der Waals surface area contributed by atoms with Crippen LogP contribution in [0.2, 0.25) is 0 Å². The van der Waals surface area contributed by atoms with E-state index >= 15 is 0 Å². The van der Waals surface area contributed by atoms with Crippen molar-refractivity contribution in [1.82, 2.24) is 14.6 Å². The van der Waals surface area contributed by atoms with Gasteiger partial charge in [-0.1, -0.05) is 0 Å². The van der Waals surface area contributed by atoms with Crippen molar-refractivity contribution >= 4 is 11.3 Å². The van der Waals surface area contributed by atoms with Gasteiger partial charge in [-0.15, -0.1) is 0 Å². The van der Waals surface area contributed by atoms with Crippen molar-refractivity contribution in [1.29, 1.82) is 5.26 Å². The van der Waals surface area contributed by atoms with Crippen molar-refractivity contribution < 1.29 is 9.84 Å². The molecule has 0 saturated carbocycles. The Labute approximate surface area is 110 Å². The molecular formula is C12H15N5O2. The lowest BCUT2D eigenvalue weighted by atomic mass is 10.1. The number of ether oxygens (including phenoxy) is 1. The number of nitriles is 1. The zero-order valence-electron chi connectivity index (χ0n) is 10.5. The molecule has 100 valence electrons. The smallest absolute Gasteiger partial charge is 0.151 e. The summed E-state index contributed by atoms with van der Waals surface area (Å²) >= 11 is 0. The average molecular weight is 261 g/mol. The number of aromatic nitrogens is 3. The molecule has 3 unspecified atom stereocenters. The molecule has 0 radical (unpaired) electrons. The fourth-order valence-electron chi connectivity index (χ4n) is 2.32. The average Bonchev–Trinajstić information content (AvgIpc) is 2.96. The number of nitrogens with zero attached hydrogens (tertiary/aromatic N) is 4. The number of nitrogens with two attached hydrogens (primary N) is 1. The largest absolute Gasteiger partial charge is 0.390 e. The van der Waals surface area contributed by atoms with Crippen molar-refractivity contribution in [2.75, 3.05) is 5.73 Å². The lowest BCUT2D eigenvalue weighted by Crippen LogP contribution is -2.15. The molecule has 3 rings (SSSR count). The van der Waals surface area contributed by atoms with E-state index in [0.29, 0.717) is 12.2 Å². The van der Waals surface area contributed by atoms with E-state index in [1.54, 1.807) is 4.52 Å². The molecule has 0 aromatic carbocycles. The minimum atomic E-state index is -0.501. The third-order valence-electron chi connectivity index (χ3n) is 3.10. The number of anilines is 1. The molecule has 2 aromatic rings. The molecule has 19 heavy (non-hydrogen) atoms. The molecular weight excluding hydrogens is 246 g/mol. The van der Waals surface area contributed by atoms with Gasteiger partial charge in [-0.3, -0.25) is 0 Å². The van der Waals surface area contributed by atoms with E-state index in [1.165, 1.54) is 6.33 Å². The third-order valence-corrected chi connectivity index (χ3v) is 3.10. The number of hydrogen-bond acceptors (Lipinski definition) is 6. The lowest BCUT2D eigenvalue weighted by Gasteiger charge is -2.13. The molecule has 1 fully saturated rings. The number of nitrogen functional groups attached to an aromatic ring is 1. The number of rotatable bonds is 1. The summed E-state index contributed by atoms with van der Waals surface area (Å²) in [5.74, 6) is 0.423. The summed E-state index contributed by atoms with van der Waals surface area (Å²) in [5.41, 5.74) is 7.30. The number of fused-ring (bicyclic) bond motifs is 1. The Kier molecular flexibility index (Phi) is 3.64. The quantitative estimate of drug-likeness (QED) is 0.780. The second-order valence-electron chi connectivity index (χ2n) is 4.37. The van der Waals surface area contributed by atoms with Gasteiger partial charge < -0.3 is 15.6 Å². The van der Waals surface area contributed by atoms with Gasteiger partial charge in [-0.2, -0.15) is 5.10 Å². The summed E-state index contributed by atoms with van der Waals surface area (Å²) in [6.07, 6.45) is 1.25. The first-order valence-corrected chi connectivity index (χ1v) is 5.84. The van der Waals surface area contributed by atoms with Crippen LogP contribution in [0.15, 0.2) is 18.5 Å². The van der Waals surface area contributed by atoms with E-state index in [-0.39, 0.29) is 12.2 Å². The van der Waals surface area contributed by atoms with Gasteiger partial charge >= 0.3 is 0 Å². The molecule has 7 heteroatoms. The van der Waals surface area contributed by atoms with Crippen LogP contribution in [0.5, 0.6) is 0 Å². The highest BCUT2D eigenvalue weighted by Gasteiger charge is 2.34. The predicted molar refractivity (Wildman–Crippen MR) is 68.0 cm³/mol. The first kappa shape index (κ1) is 13.3. The number of hydrogen-bond donors (Lipinski definition) is 2. The van der Waals surface area contributed by atoms with Crippen molar-refractivity contribution in [2.45, 2.75) is 31.7 Å². The highest BCUT2D eigenvalue weighted by molar-refractivity contribution is 5.65. The minimum Gasteiger partial charge on any atom is -0.390 e. The first-order chi connectivity index (χ1) is 9.16. The van der Waals surface area contributed by atoms with Gasteiger partial charge in [0.15, 0.2) is 5.82 Å². The summed E-state index contributed by atoms with van der Waals surface area (Å²) in [5, 5.41) is 20.6. The predicted octanol–water partition coefficient (Wildman–Crippen LogP) is 0.662. The monoisotopic (exact) mass is 261 g/mol. The number of aliphatic hydroxyl groups is 1. The summed E-state index contributed by atoms with van der Waals surface area (Å²) in [6, 6.07) is 3.70. The van der Waals surface area contributed by atoms with Gasteiger partial charge in [0, 0.05) is 13.0 Å². The molecule has 3 N–H and O–H groups in total. The molecule has 7 nitrogen and oxygen atoms in total. The maximum absolute atomic E-state index is 9.95. The molecule has 1 aliphatic rings. The van der Waals surface area contributed by atoms with E-state index in [0.717, 1.165) is 11.2 Å². The van der Waals surface area contributed by atoms with Crippen LogP contribution in [0.25, 0.3) is 5.52 Å². The second-order valence-corrected chi connectivity index (χ2v) is 4.37. The van der Waals surface area contributed by atoms with Crippen molar-refractivity contribution in [3.05, 3.63) is 24.2 Å². The van der Waals surface area contributed by atoms with Gasteiger partial charge in [-0.25, -0.2) is 14.8 Å². The van der Waals surface area contributed by atoms with E-state index in [1.807, 2.05) is 19.1 Å². The number of aliphatic hydroxyl groups excluding tert-OH is 1. The molecule has 0 amide bonds. The lowest BCUT2D eigenvalue weighted by molar-refractivity contribution is 0.0115. The van der Waals surface area contributed by atoms with Crippen molar-refractivity contribution in [3.8, 4) is 6.57 Å². The minimum absolute atomic E-state index is 0.0553. The molecule has 0 bridgehead atoms. The Morgan fingerprint density at radius 3 is 2.89 bits per heavy atom. The van der Waals surface area contributed by atoms with Crippen molar-refractivity contribution in [2.24, 2.45) is 0 Å². The van der Waals surface area contributed by atoms with Crippen LogP contribution in [0.3, 0.4) is 0 Å². The van der Waals surface area contributed by atoms with Gasteiger partial charge in [0.25, 0.3) is 0 Å². The molecule has 1 aliphatic heterocycles. The SMILES string of the molecule is C#N.CC1CC(O)C(c2ccc3c(N)ncnn23)O1. The zero-order chi connectivity index (χ0) is 14.0. The molecule has 2 aromatic heterocycles. The third kappa shape index (κ3) is 2.23. The van der Waals surface area contributed by atoms with Gasteiger partial charge in [0.05, 0.1) is 17.9 Å². The van der Waals surface area contributed by atoms with Crippen LogP contribution in [0.4, 0.5) is 5.82 Å². The van der Waals surface area contributed by atoms with Gasteiger partial charge in [0.1, 0.15) is 17.9 Å². The van der Waals surface area contributed by atoms with Crippen LogP contribution in [0, 0.1) is 11.8 Å². The summed E-state index contributed by atoms with van der Waals surface area (Å²) in [4.78, 5) is 3.92. The molecule has 0 spiro atoms. The molecule has 1 saturated heterocycles. The van der Waals surface area contributed by atoms with Gasteiger partial charge in [0.2, 0.25) is 0 Å². The Balaban J connectivity index is 0.000000637. The Morgan fingerprint density at radius 1 is 1.53 bits per heavy atom. The maximum Gasteiger partial charge on any atom is 0.151 e. The summed E-state index contributed by atoms with van der Waals surface area (Å²) in [7, 11) is 0. The first-order valence-electron chi connectivity index (χ1n) is 5.84. The summed E-state index contributed by atoms with van der Waals surface area (Å²) < 4.78 is 7.37. The van der Waals surface area contributed by atoms with Crippen LogP contribution in [-0.2, 0) is 4.74 Å². The Bertz CT molecular complexity index is 594. The highest BCUT2D eigenvalue weighted by Crippen LogP contribution is 2.33. The second kappa shape index (κ2) is 5.22. The normalized spacial score (nSPS) is 26.0. The topological polar surface area (TPSA) is 109 Å². The van der Waals surface area contributed by atoms with E-state index in [4.69, 9.17) is 15.7 Å². The summed E-state index contributed by atoms with van der Waals surface area (Å²) in [6.45, 7) is 5.45. The van der Waals surface area contributed by atoms with Crippen LogP contribution >= 0.6 is 0 Å². The highest BCUT2D eigenvalue weighted by atomic mass is 16.5. The maximum atomic E-state index is 9.95. The van der Waals surface area contributed by atoms with Crippen LogP contribution in [-0.4, -0.2) is 31.9 Å². The fourth-order valence-corrected chi connectivity index (χ4v) is 2.32. The van der Waals surface area contributed by atoms with Crippen LogP contribution in [0.1, 0.15) is 25.1 Å². The van der Waals surface area contributed by atoms with E-state index < -0.39 is 6.10 Å². The Hall–Kier alpha value is -2.17. The van der Waals surface area contributed by atoms with E-state index in [9.17, 15) is 5.11 Å². The van der Waals surface area contributed by atoms with Gasteiger partial charge in [-0.05, 0) is 19.1 Å². The zero-order valence-corrected chi connectivity index (χ0v) is 10.5. The molecule has 0 aliphatic carbocycles. The fraction of sp³-hybridized carbons (Fsp3) is 0.417. The Morgan fingerprint density at radius 2 is 2.26 bits per heavy atom. The molecule has 3 atom stereocenters. The standard InChI is InChI=1S/C11H14N4O2.CHN/c1-6-4-9(16)10(17-6)7-2-3-8-11(12)13-5-14-15(7)8;1-2/h2-3,5-6,9-10,16H,4H2,1H3,(H2,12,13,14);1H. The van der Waals surface area contributed by atoms with E-state index in [2.05, 4.69) is 16.7 Å².